The van der Waals surface area contributed by atoms with Crippen LogP contribution in [-0.2, 0) is 9.53 Å². The smallest absolute Gasteiger partial charge is 0.396 e. The molecule has 0 aromatic heterocycles. The molecule has 0 rings (SSSR count). The summed E-state index contributed by atoms with van der Waals surface area (Å²) in [7, 11) is 0. The lowest BCUT2D eigenvalue weighted by Crippen LogP contribution is -2.33. The second-order valence-corrected chi connectivity index (χ2v) is 2.96. The van der Waals surface area contributed by atoms with E-state index in [-0.39, 0.29) is 12.5 Å². The zero-order chi connectivity index (χ0) is 11.2. The summed E-state index contributed by atoms with van der Waals surface area (Å²) in [6.45, 7) is 3.76. The molecule has 0 atom stereocenters. The highest BCUT2D eigenvalue weighted by molar-refractivity contribution is 5.79. The predicted molar refractivity (Wildman–Crippen MR) is 44.0 cm³/mol. The van der Waals surface area contributed by atoms with Crippen LogP contribution in [0, 0.1) is 22.5 Å². The van der Waals surface area contributed by atoms with Crippen molar-refractivity contribution < 1.29 is 9.53 Å². The number of hydrogen-bond donors (Lipinski definition) is 3. The van der Waals surface area contributed by atoms with Gasteiger partial charge in [0.05, 0.1) is 6.61 Å². The Morgan fingerprint density at radius 2 is 1.71 bits per heavy atom. The lowest BCUT2D eigenvalue weighted by atomic mass is 10.2. The molecule has 0 aromatic rings. The molecule has 0 saturated heterocycles. The third-order valence-electron chi connectivity index (χ3n) is 1.29. The Morgan fingerprint density at radius 1 is 1.29 bits per heavy atom. The summed E-state index contributed by atoms with van der Waals surface area (Å²) in [6, 6.07) is 0. The van der Waals surface area contributed by atoms with Gasteiger partial charge >= 0.3 is 11.8 Å². The summed E-state index contributed by atoms with van der Waals surface area (Å²) < 4.78 is 4.66. The molecule has 0 radical (unpaired) electrons. The van der Waals surface area contributed by atoms with Gasteiger partial charge in [0.15, 0.2) is 0 Å². The van der Waals surface area contributed by atoms with Crippen LogP contribution in [0.25, 0.3) is 0 Å². The number of hydrogen-bond acceptors (Lipinski definition) is 8. The number of nitrogens with zero attached hydrogens (tertiary/aromatic N) is 3. The number of esters is 1. The Labute approximate surface area is 80.5 Å². The second-order valence-electron chi connectivity index (χ2n) is 2.96. The summed E-state index contributed by atoms with van der Waals surface area (Å²) in [5.41, 5.74) is 19.9. The summed E-state index contributed by atoms with van der Waals surface area (Å²) >= 11 is 0. The number of rotatable bonds is 6. The number of nitrogens with one attached hydrogen (secondary N) is 3. The molecule has 0 spiro atoms. The summed E-state index contributed by atoms with van der Waals surface area (Å²) in [4.78, 5) is 11.2. The molecule has 3 N–H and O–H groups in total. The quantitative estimate of drug-likeness (QED) is 0.446. The van der Waals surface area contributed by atoms with Crippen molar-refractivity contribution in [2.45, 2.75) is 19.6 Å². The fourth-order valence-corrected chi connectivity index (χ4v) is 0.551. The molecular weight excluding hydrogens is 188 g/mol. The molecule has 14 heavy (non-hydrogen) atoms. The molecule has 0 aromatic carbocycles. The maximum absolute atomic E-state index is 11.2. The van der Waals surface area contributed by atoms with Crippen molar-refractivity contribution in [3.05, 3.63) is 0 Å². The maximum atomic E-state index is 11.2. The van der Waals surface area contributed by atoms with E-state index in [4.69, 9.17) is 16.6 Å². The van der Waals surface area contributed by atoms with Crippen LogP contribution in [0.3, 0.4) is 0 Å². The molecular formula is C6H12N6O2. The Kier molecular flexibility index (Phi) is 4.47. The topological polar surface area (TPSA) is 135 Å². The van der Waals surface area contributed by atoms with E-state index in [1.165, 1.54) is 0 Å². The lowest BCUT2D eigenvalue weighted by molar-refractivity contribution is -0.151. The Bertz CT molecular complexity index is 229. The number of carbonyl (C=O) groups is 1. The monoisotopic (exact) mass is 200 g/mol. The molecule has 0 fully saturated rings. The third-order valence-corrected chi connectivity index (χ3v) is 1.29. The molecule has 0 unspecified atom stereocenters. The van der Waals surface area contributed by atoms with Gasteiger partial charge in [0.25, 0.3) is 0 Å². The van der Waals surface area contributed by atoms with E-state index in [2.05, 4.69) is 20.1 Å². The van der Waals surface area contributed by atoms with Gasteiger partial charge in [-0.3, -0.25) is 0 Å². The normalized spacial score (nSPS) is 14.2. The van der Waals surface area contributed by atoms with Crippen molar-refractivity contribution in [3.8, 4) is 0 Å². The van der Waals surface area contributed by atoms with Crippen LogP contribution >= 0.6 is 0 Å². The lowest BCUT2D eigenvalue weighted by Gasteiger charge is -2.14. The van der Waals surface area contributed by atoms with E-state index >= 15 is 0 Å². The minimum absolute atomic E-state index is 0.110. The molecule has 0 aliphatic carbocycles. The first-order valence-electron chi connectivity index (χ1n) is 3.85. The molecule has 0 aliphatic rings. The summed E-state index contributed by atoms with van der Waals surface area (Å²) in [5, 5.41) is 8.10. The van der Waals surface area contributed by atoms with Crippen LogP contribution in [-0.4, -0.2) is 18.4 Å². The highest BCUT2D eigenvalue weighted by atomic mass is 16.5. The fraction of sp³-hybridized carbons (Fsp3) is 0.833. The minimum atomic E-state index is -2.37. The first kappa shape index (κ1) is 12.3. The maximum Gasteiger partial charge on any atom is 0.396 e. The van der Waals surface area contributed by atoms with Gasteiger partial charge in [-0.1, -0.05) is 13.8 Å². The number of ether oxygens (including phenoxy) is 1. The van der Waals surface area contributed by atoms with Crippen LogP contribution < -0.4 is 0 Å². The van der Waals surface area contributed by atoms with Gasteiger partial charge in [-0.15, -0.1) is 15.3 Å². The Balaban J connectivity index is 4.53. The highest BCUT2D eigenvalue weighted by Gasteiger charge is 2.41. The first-order valence-corrected chi connectivity index (χ1v) is 3.85. The van der Waals surface area contributed by atoms with E-state index in [0.29, 0.717) is 0 Å². The van der Waals surface area contributed by atoms with Gasteiger partial charge in [-0.25, -0.2) is 21.4 Å². The summed E-state index contributed by atoms with van der Waals surface area (Å²) in [5.74, 6) is -3.33. The van der Waals surface area contributed by atoms with Crippen molar-refractivity contribution in [2.75, 3.05) is 6.61 Å². The zero-order valence-electron chi connectivity index (χ0n) is 7.94. The summed E-state index contributed by atoms with van der Waals surface area (Å²) in [6.07, 6.45) is 0. The van der Waals surface area contributed by atoms with E-state index in [1.54, 1.807) is 0 Å². The molecule has 0 heterocycles. The van der Waals surface area contributed by atoms with Gasteiger partial charge in [-0.05, 0) is 5.92 Å². The van der Waals surface area contributed by atoms with Crippen LogP contribution in [0.4, 0.5) is 0 Å². The predicted octanol–water partition coefficient (Wildman–Crippen LogP) is 1.93. The zero-order valence-corrected chi connectivity index (χ0v) is 7.94. The van der Waals surface area contributed by atoms with Crippen molar-refractivity contribution >= 4 is 5.97 Å². The van der Waals surface area contributed by atoms with Crippen molar-refractivity contribution in [3.63, 3.8) is 0 Å². The van der Waals surface area contributed by atoms with E-state index in [0.717, 1.165) is 0 Å². The van der Waals surface area contributed by atoms with Gasteiger partial charge in [0.2, 0.25) is 0 Å². The van der Waals surface area contributed by atoms with E-state index < -0.39 is 11.8 Å². The minimum Gasteiger partial charge on any atom is -0.460 e. The molecule has 0 saturated carbocycles. The van der Waals surface area contributed by atoms with E-state index in [1.807, 2.05) is 13.8 Å². The van der Waals surface area contributed by atoms with Gasteiger partial charge in [0.1, 0.15) is 0 Å². The van der Waals surface area contributed by atoms with Crippen LogP contribution in [0.5, 0.6) is 0 Å². The molecule has 0 bridgehead atoms. The van der Waals surface area contributed by atoms with Gasteiger partial charge in [-0.2, -0.15) is 0 Å². The van der Waals surface area contributed by atoms with Crippen molar-refractivity contribution in [1.29, 1.82) is 16.6 Å². The first-order chi connectivity index (χ1) is 6.52. The van der Waals surface area contributed by atoms with E-state index in [9.17, 15) is 4.79 Å². The second kappa shape index (κ2) is 5.10. The van der Waals surface area contributed by atoms with Crippen molar-refractivity contribution in [2.24, 2.45) is 21.3 Å². The average molecular weight is 200 g/mol. The highest BCUT2D eigenvalue weighted by Crippen LogP contribution is 2.16. The molecule has 8 nitrogen and oxygen atoms in total. The van der Waals surface area contributed by atoms with Crippen molar-refractivity contribution in [1.82, 2.24) is 0 Å². The standard InChI is InChI=1S/C6H12N6O2/c1-4(2)3-14-5(13)6(10-7,11-8)12-9/h4,7-9H,3H2,1-2H3. The average Bonchev–Trinajstić information content (AvgIpc) is 2.18. The molecule has 0 amide bonds. The molecule has 8 heteroatoms. The molecule has 78 valence electrons. The Morgan fingerprint density at radius 3 is 2.00 bits per heavy atom. The Hall–Kier alpha value is -1.73. The molecule has 0 aliphatic heterocycles. The van der Waals surface area contributed by atoms with Gasteiger partial charge < -0.3 is 4.74 Å². The largest absolute Gasteiger partial charge is 0.460 e. The fourth-order valence-electron chi connectivity index (χ4n) is 0.551. The van der Waals surface area contributed by atoms with Gasteiger partial charge in [0, 0.05) is 0 Å². The number of carbonyl (C=O) groups excluding carboxylic acids is 1. The third kappa shape index (κ3) is 2.64. The van der Waals surface area contributed by atoms with Crippen LogP contribution in [0.15, 0.2) is 15.3 Å². The SMILES string of the molecule is CC(C)COC(=O)C(N=N)(N=N)N=N. The van der Waals surface area contributed by atoms with Crippen LogP contribution in [0.1, 0.15) is 13.8 Å². The van der Waals surface area contributed by atoms with Crippen LogP contribution in [0.2, 0.25) is 0 Å².